The van der Waals surface area contributed by atoms with Gasteiger partial charge < -0.3 is 14.3 Å². The lowest BCUT2D eigenvalue weighted by Crippen LogP contribution is -2.47. The van der Waals surface area contributed by atoms with Crippen LogP contribution < -0.4 is 14.6 Å². The van der Waals surface area contributed by atoms with Crippen molar-refractivity contribution in [1.82, 2.24) is 24.5 Å². The van der Waals surface area contributed by atoms with E-state index in [4.69, 9.17) is 18.9 Å². The van der Waals surface area contributed by atoms with Crippen LogP contribution in [0, 0.1) is 12.3 Å². The number of sulfonamides is 1. The van der Waals surface area contributed by atoms with Gasteiger partial charge in [0.2, 0.25) is 0 Å². The van der Waals surface area contributed by atoms with Gasteiger partial charge in [-0.1, -0.05) is 29.8 Å². The molecule has 1 N–H and O–H groups in total. The van der Waals surface area contributed by atoms with Crippen LogP contribution >= 0.6 is 0 Å². The summed E-state index contributed by atoms with van der Waals surface area (Å²) in [5, 5.41) is 6.37. The summed E-state index contributed by atoms with van der Waals surface area (Å²) >= 11 is 0. The summed E-state index contributed by atoms with van der Waals surface area (Å²) in [7, 11) is -4.41. The Morgan fingerprint density at radius 1 is 1.06 bits per heavy atom. The molecule has 0 radical (unpaired) electrons. The number of alkyl halides is 3. The fourth-order valence-electron chi connectivity index (χ4n) is 4.66. The maximum absolute atomic E-state index is 13.5. The Bertz CT molecular complexity index is 1850. The van der Waals surface area contributed by atoms with Crippen LogP contribution in [0.1, 0.15) is 51.8 Å². The van der Waals surface area contributed by atoms with Crippen molar-refractivity contribution in [3.05, 3.63) is 65.9 Å². The Labute approximate surface area is 273 Å². The Morgan fingerprint density at radius 3 is 2.35 bits per heavy atom. The molecular formula is C30H35F3N6O8S. The molecule has 2 atom stereocenters. The first-order valence-electron chi connectivity index (χ1n) is 14.9. The maximum Gasteiger partial charge on any atom is 0.435 e. The molecule has 0 spiro atoms. The molecule has 3 heterocycles. The van der Waals surface area contributed by atoms with Crippen LogP contribution in [-0.2, 0) is 30.5 Å². The van der Waals surface area contributed by atoms with Gasteiger partial charge in [0, 0.05) is 24.0 Å². The zero-order valence-electron chi connectivity index (χ0n) is 26.7. The molecule has 14 nitrogen and oxygen atoms in total. The second kappa shape index (κ2) is 13.0. The zero-order chi connectivity index (χ0) is 35.0. The SMILES string of the molecule is Cc1ccc(-c2cc(C(F)(F)F)nn2-c2ccc(S(=O)(=O)NC(=O)OC3CCCN(n4on4OC(C)OC(=O)C(C)(C)C)C3)cc2)cc1. The largest absolute Gasteiger partial charge is 0.444 e. The zero-order valence-corrected chi connectivity index (χ0v) is 27.5. The van der Waals surface area contributed by atoms with Gasteiger partial charge in [-0.25, -0.2) is 22.6 Å². The molecule has 0 aliphatic carbocycles. The van der Waals surface area contributed by atoms with Crippen LogP contribution in [0.25, 0.3) is 16.9 Å². The Balaban J connectivity index is 1.20. The van der Waals surface area contributed by atoms with E-state index in [1.807, 2.05) is 11.6 Å². The highest BCUT2D eigenvalue weighted by molar-refractivity contribution is 7.90. The summed E-state index contributed by atoms with van der Waals surface area (Å²) in [5.74, 6) is -0.462. The van der Waals surface area contributed by atoms with Crippen molar-refractivity contribution in [2.75, 3.05) is 18.1 Å². The van der Waals surface area contributed by atoms with Crippen molar-refractivity contribution >= 4 is 22.1 Å². The van der Waals surface area contributed by atoms with E-state index in [0.29, 0.717) is 24.9 Å². The predicted octanol–water partition coefficient (Wildman–Crippen LogP) is 4.64. The standard InChI is InChI=1S/C30H35F3N6O8S/c1-19-8-10-21(11-9-19)25-17-26(30(31,32)33)34-37(25)22-12-14-24(15-13-22)48(42,43)35-28(41)45-23-7-6-16-36(18-23)38-39(47-38)46-20(2)44-27(40)29(3,4)5/h8-15,17,20,23H,6-7,16,18H2,1-5H3,(H,35,41). The number of nitrogens with one attached hydrogen (secondary N) is 1. The summed E-state index contributed by atoms with van der Waals surface area (Å²) in [5.41, 5.74) is -0.110. The molecule has 4 aromatic rings. The maximum atomic E-state index is 13.5. The van der Waals surface area contributed by atoms with E-state index < -0.39 is 51.8 Å². The molecule has 260 valence electrons. The highest BCUT2D eigenvalue weighted by atomic mass is 32.2. The number of carbonyl (C=O) groups excluding carboxylic acids is 2. The van der Waals surface area contributed by atoms with Crippen molar-refractivity contribution in [2.24, 2.45) is 5.41 Å². The van der Waals surface area contributed by atoms with Crippen molar-refractivity contribution in [3.63, 3.8) is 0 Å². The van der Waals surface area contributed by atoms with E-state index in [1.54, 1.807) is 50.0 Å². The van der Waals surface area contributed by atoms with Gasteiger partial charge in [-0.15, -0.1) is 0 Å². The summed E-state index contributed by atoms with van der Waals surface area (Å²) in [4.78, 5) is 31.0. The summed E-state index contributed by atoms with van der Waals surface area (Å²) in [6.07, 6.45) is -6.55. The predicted molar refractivity (Wildman–Crippen MR) is 163 cm³/mol. The number of halogens is 3. The topological polar surface area (TPSA) is 152 Å². The average molecular weight is 697 g/mol. The normalized spacial score (nSPS) is 16.4. The van der Waals surface area contributed by atoms with Gasteiger partial charge >= 0.3 is 18.2 Å². The van der Waals surface area contributed by atoms with Crippen LogP contribution in [0.3, 0.4) is 0 Å². The minimum atomic E-state index is -4.70. The van der Waals surface area contributed by atoms with Gasteiger partial charge in [-0.3, -0.25) is 9.80 Å². The smallest absolute Gasteiger partial charge is 0.435 e. The molecule has 1 aliphatic rings. The first-order valence-corrected chi connectivity index (χ1v) is 16.4. The quantitative estimate of drug-likeness (QED) is 0.194. The number of aromatic nitrogens is 4. The Morgan fingerprint density at radius 2 is 1.73 bits per heavy atom. The number of ether oxygens (including phenoxy) is 2. The first kappa shape index (κ1) is 34.5. The molecule has 5 rings (SSSR count). The molecular weight excluding hydrogens is 661 g/mol. The Kier molecular flexibility index (Phi) is 9.31. The van der Waals surface area contributed by atoms with E-state index >= 15 is 0 Å². The van der Waals surface area contributed by atoms with E-state index in [0.717, 1.165) is 33.5 Å². The lowest BCUT2D eigenvalue weighted by molar-refractivity contribution is -0.189. The van der Waals surface area contributed by atoms with E-state index in [-0.39, 0.29) is 22.8 Å². The lowest BCUT2D eigenvalue weighted by atomic mass is 9.97. The molecule has 2 aromatic carbocycles. The van der Waals surface area contributed by atoms with Crippen molar-refractivity contribution in [3.8, 4) is 16.9 Å². The van der Waals surface area contributed by atoms with Gasteiger partial charge in [0.15, 0.2) is 5.69 Å². The number of carbonyl (C=O) groups is 2. The van der Waals surface area contributed by atoms with Gasteiger partial charge in [-0.05, 0) is 70.9 Å². The van der Waals surface area contributed by atoms with E-state index in [1.165, 1.54) is 24.0 Å². The van der Waals surface area contributed by atoms with Crippen molar-refractivity contribution < 1.29 is 50.1 Å². The van der Waals surface area contributed by atoms with Crippen LogP contribution in [0.5, 0.6) is 0 Å². The van der Waals surface area contributed by atoms with Crippen LogP contribution in [0.15, 0.2) is 64.1 Å². The van der Waals surface area contributed by atoms with Crippen molar-refractivity contribution in [1.29, 1.82) is 0 Å². The van der Waals surface area contributed by atoms with E-state index in [9.17, 15) is 31.2 Å². The number of hydrogen-bond acceptors (Lipinski definition) is 10. The minimum absolute atomic E-state index is 0.144. The second-order valence-electron chi connectivity index (χ2n) is 12.3. The van der Waals surface area contributed by atoms with Crippen LogP contribution in [-0.4, -0.2) is 65.7 Å². The monoisotopic (exact) mass is 696 g/mol. The summed E-state index contributed by atoms with van der Waals surface area (Å²) < 4.78 is 85.3. The van der Waals surface area contributed by atoms with Gasteiger partial charge in [0.05, 0.1) is 28.2 Å². The number of piperidine rings is 1. The highest BCUT2D eigenvalue weighted by Gasteiger charge is 2.36. The number of hydrogen-bond donors (Lipinski definition) is 1. The summed E-state index contributed by atoms with van der Waals surface area (Å²) in [6.45, 7) is 9.13. The molecule has 1 fully saturated rings. The average Bonchev–Trinajstić information content (AvgIpc) is 3.60. The number of aryl methyl sites for hydroxylation is 1. The molecule has 0 saturated carbocycles. The third kappa shape index (κ3) is 8.15. The van der Waals surface area contributed by atoms with Crippen LogP contribution in [0.2, 0.25) is 0 Å². The minimum Gasteiger partial charge on any atom is -0.444 e. The molecule has 2 aromatic heterocycles. The van der Waals surface area contributed by atoms with Crippen LogP contribution in [0.4, 0.5) is 18.0 Å². The van der Waals surface area contributed by atoms with Gasteiger partial charge in [0.1, 0.15) is 11.1 Å². The molecule has 1 aliphatic heterocycles. The fourth-order valence-corrected chi connectivity index (χ4v) is 5.54. The number of nitrogens with zero attached hydrogens (tertiary/aromatic N) is 5. The molecule has 1 saturated heterocycles. The number of benzene rings is 2. The number of amides is 1. The molecule has 18 heteroatoms. The van der Waals surface area contributed by atoms with Gasteiger partial charge in [-0.2, -0.15) is 22.9 Å². The molecule has 0 bridgehead atoms. The first-order chi connectivity index (χ1) is 22.4. The molecule has 1 amide bonds. The third-order valence-electron chi connectivity index (χ3n) is 7.21. The summed E-state index contributed by atoms with van der Waals surface area (Å²) in [6, 6.07) is 12.6. The number of esters is 1. The fraction of sp³-hybridized carbons (Fsp3) is 0.433. The second-order valence-corrected chi connectivity index (χ2v) is 14.0. The molecule has 48 heavy (non-hydrogen) atoms. The Hall–Kier alpha value is -4.87. The lowest BCUT2D eigenvalue weighted by Gasteiger charge is -2.29. The molecule has 2 unspecified atom stereocenters. The highest BCUT2D eigenvalue weighted by Crippen LogP contribution is 2.33. The van der Waals surface area contributed by atoms with Gasteiger partial charge in [0.25, 0.3) is 16.3 Å². The van der Waals surface area contributed by atoms with Crippen molar-refractivity contribution in [2.45, 2.75) is 70.9 Å². The van der Waals surface area contributed by atoms with E-state index in [2.05, 4.69) is 5.10 Å². The number of rotatable bonds is 9. The third-order valence-corrected chi connectivity index (χ3v) is 8.54.